The zero-order valence-electron chi connectivity index (χ0n) is 17.0. The highest BCUT2D eigenvalue weighted by atomic mass is 79.9. The van der Waals surface area contributed by atoms with Crippen LogP contribution < -0.4 is 4.74 Å². The van der Waals surface area contributed by atoms with Crippen LogP contribution in [-0.4, -0.2) is 55.3 Å². The highest BCUT2D eigenvalue weighted by molar-refractivity contribution is 9.10. The summed E-state index contributed by atoms with van der Waals surface area (Å²) >= 11 is 2.92. The van der Waals surface area contributed by atoms with Crippen LogP contribution in [0.4, 0.5) is 17.6 Å². The summed E-state index contributed by atoms with van der Waals surface area (Å²) in [6.07, 6.45) is -14.0. The third-order valence-electron chi connectivity index (χ3n) is 4.12. The van der Waals surface area contributed by atoms with Crippen molar-refractivity contribution in [2.24, 2.45) is 0 Å². The van der Waals surface area contributed by atoms with Crippen molar-refractivity contribution < 1.29 is 55.6 Å². The maximum atomic E-state index is 15.2. The number of rotatable bonds is 6. The average Bonchev–Trinajstić information content (AvgIpc) is 2.65. The second-order valence-corrected chi connectivity index (χ2v) is 7.61. The van der Waals surface area contributed by atoms with E-state index in [0.717, 1.165) is 32.9 Å². The highest BCUT2D eigenvalue weighted by Gasteiger charge is 2.52. The smallest absolute Gasteiger partial charge is 0.420 e. The van der Waals surface area contributed by atoms with E-state index in [2.05, 4.69) is 15.9 Å². The van der Waals surface area contributed by atoms with Gasteiger partial charge in [-0.15, -0.1) is 0 Å². The Morgan fingerprint density at radius 1 is 1.03 bits per heavy atom. The first-order chi connectivity index (χ1) is 14.8. The predicted octanol–water partition coefficient (Wildman–Crippen LogP) is 3.34. The van der Waals surface area contributed by atoms with E-state index in [1.807, 2.05) is 0 Å². The topological polar surface area (TPSA) is 97.4 Å². The van der Waals surface area contributed by atoms with E-state index in [0.29, 0.717) is 0 Å². The van der Waals surface area contributed by atoms with Gasteiger partial charge in [0.25, 0.3) is 0 Å². The van der Waals surface area contributed by atoms with E-state index >= 15 is 4.39 Å². The number of hydrogen-bond donors (Lipinski definition) is 0. The molecule has 5 atom stereocenters. The van der Waals surface area contributed by atoms with Crippen molar-refractivity contribution in [1.82, 2.24) is 0 Å². The van der Waals surface area contributed by atoms with Gasteiger partial charge in [-0.2, -0.15) is 13.2 Å². The molecule has 13 heteroatoms. The molecule has 1 aromatic carbocycles. The van der Waals surface area contributed by atoms with Gasteiger partial charge in [0.15, 0.2) is 12.2 Å². The van der Waals surface area contributed by atoms with Gasteiger partial charge in [0.1, 0.15) is 18.5 Å². The lowest BCUT2D eigenvalue weighted by molar-refractivity contribution is -0.272. The second-order valence-electron chi connectivity index (χ2n) is 6.69. The summed E-state index contributed by atoms with van der Waals surface area (Å²) in [6, 6.07) is 2.91. The minimum absolute atomic E-state index is 0.0963. The lowest BCUT2D eigenvalue weighted by Gasteiger charge is -2.41. The van der Waals surface area contributed by atoms with Crippen LogP contribution in [0.15, 0.2) is 22.7 Å². The van der Waals surface area contributed by atoms with Crippen molar-refractivity contribution in [2.75, 3.05) is 6.61 Å². The van der Waals surface area contributed by atoms with Gasteiger partial charge in [-0.25, -0.2) is 4.39 Å². The normalized spacial score (nSPS) is 25.6. The fourth-order valence-electron chi connectivity index (χ4n) is 2.91. The molecule has 2 rings (SSSR count). The Kier molecular flexibility index (Phi) is 8.46. The van der Waals surface area contributed by atoms with Gasteiger partial charge in [-0.1, -0.05) is 15.9 Å². The number of hydrogen-bond acceptors (Lipinski definition) is 8. The van der Waals surface area contributed by atoms with Crippen LogP contribution in [0.25, 0.3) is 0 Å². The SMILES string of the molecule is CC(=O)OC[C@H]1O[C@H](Oc2ccc(Br)cc2C(F)(F)F)[C@@H](F)[C@@H](OC(C)=O)[C@@H]1OC(C)=O. The minimum Gasteiger partial charge on any atom is -0.463 e. The molecule has 0 unspecified atom stereocenters. The molecule has 0 radical (unpaired) electrons. The molecule has 0 aliphatic carbocycles. The molecular weight excluding hydrogens is 512 g/mol. The van der Waals surface area contributed by atoms with Gasteiger partial charge in [-0.05, 0) is 18.2 Å². The summed E-state index contributed by atoms with van der Waals surface area (Å²) < 4.78 is 80.8. The molecule has 0 saturated carbocycles. The number of ether oxygens (including phenoxy) is 5. The van der Waals surface area contributed by atoms with Crippen LogP contribution in [0.2, 0.25) is 0 Å². The summed E-state index contributed by atoms with van der Waals surface area (Å²) in [5.41, 5.74) is -1.22. The number of carbonyl (C=O) groups is 3. The molecule has 1 aliphatic rings. The van der Waals surface area contributed by atoms with Crippen molar-refractivity contribution in [2.45, 2.75) is 57.7 Å². The number of halogens is 5. The Balaban J connectivity index is 2.41. The maximum absolute atomic E-state index is 15.2. The number of benzene rings is 1. The Morgan fingerprint density at radius 3 is 2.16 bits per heavy atom. The fourth-order valence-corrected chi connectivity index (χ4v) is 3.27. The monoisotopic (exact) mass is 530 g/mol. The van der Waals surface area contributed by atoms with Gasteiger partial charge >= 0.3 is 24.1 Å². The summed E-state index contributed by atoms with van der Waals surface area (Å²) in [4.78, 5) is 34.2. The maximum Gasteiger partial charge on any atom is 0.420 e. The molecule has 1 heterocycles. The molecule has 0 amide bonds. The second kappa shape index (κ2) is 10.5. The lowest BCUT2D eigenvalue weighted by Crippen LogP contribution is -2.61. The third-order valence-corrected chi connectivity index (χ3v) is 4.61. The van der Waals surface area contributed by atoms with Crippen molar-refractivity contribution >= 4 is 33.8 Å². The largest absolute Gasteiger partial charge is 0.463 e. The molecule has 1 aromatic rings. The minimum atomic E-state index is -4.84. The molecule has 0 spiro atoms. The van der Waals surface area contributed by atoms with Crippen molar-refractivity contribution in [1.29, 1.82) is 0 Å². The Labute approximate surface area is 188 Å². The molecule has 1 aliphatic heterocycles. The number of esters is 3. The molecular formula is C19H19BrF4O8. The zero-order valence-corrected chi connectivity index (χ0v) is 18.6. The first kappa shape index (κ1) is 25.8. The highest BCUT2D eigenvalue weighted by Crippen LogP contribution is 2.40. The summed E-state index contributed by atoms with van der Waals surface area (Å²) in [6.45, 7) is 2.45. The summed E-state index contributed by atoms with van der Waals surface area (Å²) in [7, 11) is 0. The predicted molar refractivity (Wildman–Crippen MR) is 101 cm³/mol. The molecule has 1 saturated heterocycles. The van der Waals surface area contributed by atoms with Crippen LogP contribution in [0.5, 0.6) is 5.75 Å². The van der Waals surface area contributed by atoms with E-state index in [-0.39, 0.29) is 4.47 Å². The summed E-state index contributed by atoms with van der Waals surface area (Å²) in [5.74, 6) is -3.36. The average molecular weight is 531 g/mol. The van der Waals surface area contributed by atoms with E-state index in [1.165, 1.54) is 6.07 Å². The van der Waals surface area contributed by atoms with E-state index < -0.39 is 72.8 Å². The van der Waals surface area contributed by atoms with Gasteiger partial charge in [0, 0.05) is 25.2 Å². The molecule has 0 bridgehead atoms. The molecule has 1 fully saturated rings. The fraction of sp³-hybridized carbons (Fsp3) is 0.526. The van der Waals surface area contributed by atoms with Crippen LogP contribution in [-0.2, 0) is 39.5 Å². The standard InChI is InChI=1S/C19H19BrF4O8/c1-8(25)28-7-14-16(29-9(2)26)17(30-10(3)27)15(21)18(32-14)31-13-5-4-11(20)6-12(13)19(22,23)24/h4-6,14-18H,7H2,1-3H3/t14-,15+,16-,17-,18+/m1/s1. The van der Waals surface area contributed by atoms with Crippen molar-refractivity contribution in [3.63, 3.8) is 0 Å². The van der Waals surface area contributed by atoms with Crippen molar-refractivity contribution in [3.05, 3.63) is 28.2 Å². The quantitative estimate of drug-likeness (QED) is 0.314. The van der Waals surface area contributed by atoms with Crippen molar-refractivity contribution in [3.8, 4) is 5.75 Å². The number of alkyl halides is 4. The Bertz CT molecular complexity index is 862. The Hall–Kier alpha value is -2.41. The van der Waals surface area contributed by atoms with Gasteiger partial charge in [0.05, 0.1) is 5.56 Å². The van der Waals surface area contributed by atoms with E-state index in [9.17, 15) is 27.6 Å². The molecule has 32 heavy (non-hydrogen) atoms. The van der Waals surface area contributed by atoms with Gasteiger partial charge in [0.2, 0.25) is 12.5 Å². The zero-order chi connectivity index (χ0) is 24.2. The van der Waals surface area contributed by atoms with Crippen LogP contribution in [0, 0.1) is 0 Å². The van der Waals surface area contributed by atoms with Crippen LogP contribution >= 0.6 is 15.9 Å². The third kappa shape index (κ3) is 6.79. The van der Waals surface area contributed by atoms with Gasteiger partial charge < -0.3 is 23.7 Å². The molecule has 8 nitrogen and oxygen atoms in total. The lowest BCUT2D eigenvalue weighted by atomic mass is 9.99. The van der Waals surface area contributed by atoms with Crippen LogP contribution in [0.1, 0.15) is 26.3 Å². The first-order valence-electron chi connectivity index (χ1n) is 9.10. The van der Waals surface area contributed by atoms with Crippen LogP contribution in [0.3, 0.4) is 0 Å². The Morgan fingerprint density at radius 2 is 1.62 bits per heavy atom. The van der Waals surface area contributed by atoms with Gasteiger partial charge in [-0.3, -0.25) is 14.4 Å². The first-order valence-corrected chi connectivity index (χ1v) is 9.89. The molecule has 0 aromatic heterocycles. The summed E-state index contributed by atoms with van der Waals surface area (Å²) in [5, 5.41) is 0. The molecule has 0 N–H and O–H groups in total. The van der Waals surface area contributed by atoms with E-state index in [1.54, 1.807) is 0 Å². The van der Waals surface area contributed by atoms with E-state index in [4.69, 9.17) is 23.7 Å². The molecule has 178 valence electrons. The number of carbonyl (C=O) groups excluding carboxylic acids is 3.